The zero-order valence-corrected chi connectivity index (χ0v) is 12.0. The third-order valence-electron chi connectivity index (χ3n) is 2.69. The zero-order valence-electron chi connectivity index (χ0n) is 9.69. The van der Waals surface area contributed by atoms with E-state index < -0.39 is 9.70 Å². The fourth-order valence-corrected chi connectivity index (χ4v) is 2.60. The summed E-state index contributed by atoms with van der Waals surface area (Å²) in [5.41, 5.74) is 7.96. The number of alkyl halides is 3. The zero-order chi connectivity index (χ0) is 13.2. The van der Waals surface area contributed by atoms with Crippen LogP contribution in [0.4, 0.5) is 0 Å². The van der Waals surface area contributed by atoms with Crippen LogP contribution in [0.15, 0.2) is 12.1 Å². The molecule has 0 saturated carbocycles. The van der Waals surface area contributed by atoms with Crippen LogP contribution in [0.3, 0.4) is 0 Å². The van der Waals surface area contributed by atoms with E-state index in [-0.39, 0.29) is 5.56 Å². The number of hydrogen-bond donors (Lipinski definition) is 1. The van der Waals surface area contributed by atoms with Gasteiger partial charge in [0.15, 0.2) is 0 Å². The molecule has 0 aromatic heterocycles. The van der Waals surface area contributed by atoms with Crippen LogP contribution in [0.25, 0.3) is 0 Å². The number of halogens is 3. The van der Waals surface area contributed by atoms with Gasteiger partial charge in [0, 0.05) is 11.1 Å². The summed E-state index contributed by atoms with van der Waals surface area (Å²) >= 11 is 17.8. The highest BCUT2D eigenvalue weighted by atomic mass is 35.6. The van der Waals surface area contributed by atoms with Crippen LogP contribution in [0, 0.1) is 0 Å². The number of nitrogens with two attached hydrogens (primary N) is 1. The van der Waals surface area contributed by atoms with E-state index in [0.29, 0.717) is 12.0 Å². The van der Waals surface area contributed by atoms with Crippen LogP contribution < -0.4 is 5.73 Å². The molecule has 5 heteroatoms. The number of benzene rings is 1. The van der Waals surface area contributed by atoms with Crippen LogP contribution in [-0.2, 0) is 16.6 Å². The van der Waals surface area contributed by atoms with Crippen molar-refractivity contribution in [2.45, 2.75) is 30.5 Å². The highest BCUT2D eigenvalue weighted by Crippen LogP contribution is 2.43. The van der Waals surface area contributed by atoms with Gasteiger partial charge in [-0.15, -0.1) is 0 Å². The molecule has 0 radical (unpaired) electrons. The molecule has 1 aromatic carbocycles. The Morgan fingerprint density at radius 3 is 2.18 bits per heavy atom. The first-order valence-corrected chi connectivity index (χ1v) is 6.48. The molecule has 1 aromatic rings. The number of hydrogen-bond acceptors (Lipinski definition) is 1. The van der Waals surface area contributed by atoms with E-state index in [9.17, 15) is 4.79 Å². The van der Waals surface area contributed by atoms with Gasteiger partial charge in [-0.05, 0) is 30.0 Å². The number of carbonyl (C=O) groups excluding carboxylic acids is 1. The van der Waals surface area contributed by atoms with Gasteiger partial charge < -0.3 is 5.73 Å². The fraction of sp³-hybridized carbons (Fsp3) is 0.417. The normalized spacial score (nSPS) is 11.6. The van der Waals surface area contributed by atoms with Gasteiger partial charge in [0.05, 0.1) is 0 Å². The van der Waals surface area contributed by atoms with E-state index in [1.165, 1.54) is 0 Å². The van der Waals surface area contributed by atoms with Crippen LogP contribution >= 0.6 is 34.8 Å². The van der Waals surface area contributed by atoms with E-state index in [1.807, 2.05) is 19.9 Å². The Morgan fingerprint density at radius 2 is 1.82 bits per heavy atom. The smallest absolute Gasteiger partial charge is 0.249 e. The summed E-state index contributed by atoms with van der Waals surface area (Å²) in [6.07, 6.45) is 1.50. The van der Waals surface area contributed by atoms with Crippen LogP contribution in [-0.4, -0.2) is 5.91 Å². The van der Waals surface area contributed by atoms with Crippen molar-refractivity contribution >= 4 is 40.7 Å². The van der Waals surface area contributed by atoms with E-state index >= 15 is 0 Å². The SMILES string of the molecule is CCc1ccc(C(N)=O)c(C(Cl)(Cl)Cl)c1CC. The Kier molecular flexibility index (Phi) is 4.70. The van der Waals surface area contributed by atoms with Gasteiger partial charge in [0.25, 0.3) is 0 Å². The highest BCUT2D eigenvalue weighted by molar-refractivity contribution is 6.67. The molecular formula is C12H14Cl3NO. The third kappa shape index (κ3) is 3.06. The number of primary amides is 1. The molecular weight excluding hydrogens is 280 g/mol. The summed E-state index contributed by atoms with van der Waals surface area (Å²) < 4.78 is -1.64. The molecule has 0 atom stereocenters. The van der Waals surface area contributed by atoms with Gasteiger partial charge in [-0.25, -0.2) is 0 Å². The van der Waals surface area contributed by atoms with Crippen molar-refractivity contribution in [3.63, 3.8) is 0 Å². The summed E-state index contributed by atoms with van der Waals surface area (Å²) in [5.74, 6) is -0.580. The minimum atomic E-state index is -1.64. The lowest BCUT2D eigenvalue weighted by Gasteiger charge is -2.21. The molecule has 0 aliphatic rings. The lowest BCUT2D eigenvalue weighted by atomic mass is 9.93. The average Bonchev–Trinajstić information content (AvgIpc) is 2.25. The molecule has 2 N–H and O–H groups in total. The Hall–Kier alpha value is -0.440. The molecule has 1 amide bonds. The molecule has 0 aliphatic carbocycles. The van der Waals surface area contributed by atoms with E-state index in [1.54, 1.807) is 6.07 Å². The number of rotatable bonds is 3. The standard InChI is InChI=1S/C12H14Cl3NO/c1-3-7-5-6-9(11(16)17)10(8(7)4-2)12(13,14)15/h5-6H,3-4H2,1-2H3,(H2,16,17). The summed E-state index contributed by atoms with van der Waals surface area (Å²) in [6, 6.07) is 3.48. The fourth-order valence-electron chi connectivity index (χ4n) is 1.96. The van der Waals surface area contributed by atoms with Gasteiger partial charge in [0.1, 0.15) is 0 Å². The van der Waals surface area contributed by atoms with Gasteiger partial charge in [-0.3, -0.25) is 4.79 Å². The molecule has 0 heterocycles. The lowest BCUT2D eigenvalue weighted by Crippen LogP contribution is -2.20. The minimum absolute atomic E-state index is 0.277. The van der Waals surface area contributed by atoms with Crippen molar-refractivity contribution in [3.05, 3.63) is 34.4 Å². The van der Waals surface area contributed by atoms with Crippen molar-refractivity contribution in [1.29, 1.82) is 0 Å². The average molecular weight is 295 g/mol. The molecule has 0 fully saturated rings. The molecule has 0 aliphatic heterocycles. The molecule has 1 rings (SSSR count). The Morgan fingerprint density at radius 1 is 1.24 bits per heavy atom. The second kappa shape index (κ2) is 5.47. The van der Waals surface area contributed by atoms with Gasteiger partial charge in [-0.1, -0.05) is 54.7 Å². The highest BCUT2D eigenvalue weighted by Gasteiger charge is 2.31. The second-order valence-corrected chi connectivity index (χ2v) is 5.98. The van der Waals surface area contributed by atoms with Crippen molar-refractivity contribution in [2.24, 2.45) is 5.73 Å². The van der Waals surface area contributed by atoms with Crippen LogP contribution in [0.1, 0.15) is 40.9 Å². The maximum atomic E-state index is 11.4. The van der Waals surface area contributed by atoms with E-state index in [2.05, 4.69) is 0 Å². The van der Waals surface area contributed by atoms with Gasteiger partial charge in [0.2, 0.25) is 9.70 Å². The number of amides is 1. The summed E-state index contributed by atoms with van der Waals surface area (Å²) in [7, 11) is 0. The maximum absolute atomic E-state index is 11.4. The first-order valence-electron chi connectivity index (χ1n) is 5.34. The van der Waals surface area contributed by atoms with Crippen molar-refractivity contribution in [2.75, 3.05) is 0 Å². The summed E-state index contributed by atoms with van der Waals surface area (Å²) in [4.78, 5) is 11.4. The molecule has 0 spiro atoms. The van der Waals surface area contributed by atoms with Crippen LogP contribution in [0.5, 0.6) is 0 Å². The topological polar surface area (TPSA) is 43.1 Å². The largest absolute Gasteiger partial charge is 0.366 e. The van der Waals surface area contributed by atoms with Crippen molar-refractivity contribution < 1.29 is 4.79 Å². The summed E-state index contributed by atoms with van der Waals surface area (Å²) in [5, 5.41) is 0. The van der Waals surface area contributed by atoms with E-state index in [4.69, 9.17) is 40.5 Å². The number of aryl methyl sites for hydroxylation is 1. The summed E-state index contributed by atoms with van der Waals surface area (Å²) in [6.45, 7) is 3.97. The monoisotopic (exact) mass is 293 g/mol. The Balaban J connectivity index is 3.62. The first-order chi connectivity index (χ1) is 7.82. The quantitative estimate of drug-likeness (QED) is 0.848. The molecule has 0 saturated heterocycles. The van der Waals surface area contributed by atoms with Crippen molar-refractivity contribution in [1.82, 2.24) is 0 Å². The number of carbonyl (C=O) groups is 1. The predicted molar refractivity (Wildman–Crippen MR) is 73.0 cm³/mol. The molecule has 17 heavy (non-hydrogen) atoms. The first kappa shape index (κ1) is 14.6. The minimum Gasteiger partial charge on any atom is -0.366 e. The van der Waals surface area contributed by atoms with Crippen LogP contribution in [0.2, 0.25) is 0 Å². The maximum Gasteiger partial charge on any atom is 0.249 e. The van der Waals surface area contributed by atoms with Gasteiger partial charge >= 0.3 is 0 Å². The lowest BCUT2D eigenvalue weighted by molar-refractivity contribution is 0.0999. The molecule has 2 nitrogen and oxygen atoms in total. The second-order valence-electron chi connectivity index (χ2n) is 3.69. The van der Waals surface area contributed by atoms with Gasteiger partial charge in [-0.2, -0.15) is 0 Å². The Labute approximate surface area is 116 Å². The molecule has 0 bridgehead atoms. The van der Waals surface area contributed by atoms with E-state index in [0.717, 1.165) is 17.5 Å². The van der Waals surface area contributed by atoms with Crippen molar-refractivity contribution in [3.8, 4) is 0 Å². The molecule has 94 valence electrons. The third-order valence-corrected chi connectivity index (χ3v) is 3.26. The predicted octanol–water partition coefficient (Wildman–Crippen LogP) is 3.74. The Bertz CT molecular complexity index is 438. The molecule has 0 unspecified atom stereocenters.